The molecule has 4 aromatic carbocycles. The monoisotopic (exact) mass is 616 g/mol. The lowest BCUT2D eigenvalue weighted by atomic mass is 10.0. The van der Waals surface area contributed by atoms with Crippen LogP contribution in [0.25, 0.3) is 11.0 Å². The topological polar surface area (TPSA) is 117 Å². The summed E-state index contributed by atoms with van der Waals surface area (Å²) >= 11 is 3.35. The molecule has 1 aliphatic heterocycles. The number of carbonyl (C=O) groups is 2. The van der Waals surface area contributed by atoms with Crippen molar-refractivity contribution in [3.05, 3.63) is 122 Å². The van der Waals surface area contributed by atoms with Crippen LogP contribution in [-0.4, -0.2) is 20.2 Å². The van der Waals surface area contributed by atoms with Crippen LogP contribution in [0.1, 0.15) is 32.0 Å². The first kappa shape index (κ1) is 25.7. The number of hydrogen-bond donors (Lipinski definition) is 0. The minimum atomic E-state index is -4.02. The van der Waals surface area contributed by atoms with E-state index in [-0.39, 0.29) is 54.7 Å². The fraction of sp³-hybridized carbons (Fsp3) is 0.0333. The summed E-state index contributed by atoms with van der Waals surface area (Å²) in [5.74, 6) is -0.495. The molecule has 40 heavy (non-hydrogen) atoms. The summed E-state index contributed by atoms with van der Waals surface area (Å²) < 4.78 is 44.3. The van der Waals surface area contributed by atoms with Gasteiger partial charge in [0, 0.05) is 21.7 Å². The third kappa shape index (κ3) is 4.31. The van der Waals surface area contributed by atoms with Gasteiger partial charge in [-0.15, -0.1) is 0 Å². The molecule has 198 valence electrons. The Morgan fingerprint density at radius 1 is 0.825 bits per heavy atom. The van der Waals surface area contributed by atoms with E-state index in [1.54, 1.807) is 37.3 Å². The van der Waals surface area contributed by atoms with Crippen LogP contribution >= 0.6 is 15.9 Å². The fourth-order valence-electron chi connectivity index (χ4n) is 4.45. The van der Waals surface area contributed by atoms with Crippen molar-refractivity contribution >= 4 is 48.5 Å². The molecule has 0 spiro atoms. The zero-order chi connectivity index (χ0) is 28.2. The Kier molecular flexibility index (Phi) is 6.16. The maximum Gasteiger partial charge on any atom is 0.343 e. The second-order valence-corrected chi connectivity index (χ2v) is 11.8. The Labute approximate surface area is 235 Å². The lowest BCUT2D eigenvalue weighted by Gasteiger charge is -2.19. The van der Waals surface area contributed by atoms with Crippen molar-refractivity contribution in [2.45, 2.75) is 16.7 Å². The summed E-state index contributed by atoms with van der Waals surface area (Å²) in [5.41, 5.74) is -0.218. The number of ether oxygens (including phenoxy) is 2. The zero-order valence-electron chi connectivity index (χ0n) is 20.6. The second kappa shape index (κ2) is 9.58. The van der Waals surface area contributed by atoms with Gasteiger partial charge in [-0.25, -0.2) is 13.2 Å². The van der Waals surface area contributed by atoms with Crippen molar-refractivity contribution < 1.29 is 31.9 Å². The van der Waals surface area contributed by atoms with E-state index in [0.29, 0.717) is 5.75 Å². The van der Waals surface area contributed by atoms with E-state index < -0.39 is 27.0 Å². The van der Waals surface area contributed by atoms with Gasteiger partial charge in [-0.2, -0.15) is 0 Å². The number of halogens is 1. The van der Waals surface area contributed by atoms with Crippen molar-refractivity contribution in [3.8, 4) is 17.2 Å². The average molecular weight is 617 g/mol. The molecule has 0 N–H and O–H groups in total. The molecular formula is C30H17BrO8S. The maximum atomic E-state index is 13.2. The van der Waals surface area contributed by atoms with Gasteiger partial charge in [0.15, 0.2) is 5.78 Å². The Balaban J connectivity index is 1.30. The number of ketones is 1. The van der Waals surface area contributed by atoms with Crippen molar-refractivity contribution in [2.24, 2.45) is 0 Å². The highest BCUT2D eigenvalue weighted by Crippen LogP contribution is 2.35. The van der Waals surface area contributed by atoms with Crippen LogP contribution in [0.2, 0.25) is 0 Å². The van der Waals surface area contributed by atoms with E-state index >= 15 is 0 Å². The minimum Gasteiger partial charge on any atom is -0.457 e. The van der Waals surface area contributed by atoms with Crippen LogP contribution in [0, 0.1) is 6.92 Å². The molecule has 0 saturated heterocycles. The molecule has 0 fully saturated rings. The Morgan fingerprint density at radius 2 is 1.52 bits per heavy atom. The lowest BCUT2D eigenvalue weighted by molar-refractivity contribution is 0.0734. The van der Waals surface area contributed by atoms with Gasteiger partial charge in [-0.3, -0.25) is 9.59 Å². The summed E-state index contributed by atoms with van der Waals surface area (Å²) in [6.07, 6.45) is 0. The number of aryl methyl sites for hydroxylation is 1. The molecule has 1 aromatic heterocycles. The number of carbonyl (C=O) groups excluding carboxylic acids is 2. The molecule has 0 saturated carbocycles. The SMILES string of the molecule is Cc1oc2cc(OC(=O)c3ccc4c(c3)S(=O)(=O)c3ccccc3C4=O)ccc2c(=O)c1Oc1ccc(Br)cc1. The van der Waals surface area contributed by atoms with Gasteiger partial charge >= 0.3 is 5.97 Å². The predicted octanol–water partition coefficient (Wildman–Crippen LogP) is 6.25. The largest absolute Gasteiger partial charge is 0.457 e. The number of sulfone groups is 1. The summed E-state index contributed by atoms with van der Waals surface area (Å²) in [6.45, 7) is 1.58. The molecule has 8 nitrogen and oxygen atoms in total. The summed E-state index contributed by atoms with van der Waals surface area (Å²) in [6, 6.07) is 20.9. The highest BCUT2D eigenvalue weighted by molar-refractivity contribution is 9.10. The van der Waals surface area contributed by atoms with Gasteiger partial charge in [0.05, 0.1) is 20.7 Å². The number of esters is 1. The first-order valence-corrected chi connectivity index (χ1v) is 14.2. The standard InChI is InChI=1S/C30H17BrO8S/c1-16-29(38-19-9-7-18(31)8-10-19)28(33)21-13-11-20(15-24(21)37-16)39-30(34)17-6-12-23-26(14-17)40(35,36)25-5-3-2-4-22(25)27(23)32/h2-15H,1H3. The molecule has 0 atom stereocenters. The predicted molar refractivity (Wildman–Crippen MR) is 148 cm³/mol. The van der Waals surface area contributed by atoms with Crippen LogP contribution < -0.4 is 14.9 Å². The van der Waals surface area contributed by atoms with Crippen molar-refractivity contribution in [2.75, 3.05) is 0 Å². The van der Waals surface area contributed by atoms with E-state index in [2.05, 4.69) is 15.9 Å². The van der Waals surface area contributed by atoms with Gasteiger partial charge in [-0.1, -0.05) is 28.1 Å². The highest BCUT2D eigenvalue weighted by atomic mass is 79.9. The molecule has 2 heterocycles. The number of rotatable bonds is 4. The van der Waals surface area contributed by atoms with Crippen LogP contribution in [0.15, 0.2) is 108 Å². The molecule has 0 unspecified atom stereocenters. The van der Waals surface area contributed by atoms with E-state index in [1.165, 1.54) is 48.5 Å². The molecule has 0 aliphatic carbocycles. The molecule has 0 amide bonds. The second-order valence-electron chi connectivity index (χ2n) is 8.96. The first-order valence-electron chi connectivity index (χ1n) is 11.9. The van der Waals surface area contributed by atoms with E-state index in [9.17, 15) is 22.8 Å². The molecule has 6 rings (SSSR count). The Hall–Kier alpha value is -4.54. The van der Waals surface area contributed by atoms with Gasteiger partial charge in [-0.05, 0) is 73.7 Å². The van der Waals surface area contributed by atoms with Gasteiger partial charge in [0.2, 0.25) is 21.0 Å². The number of benzene rings is 4. The van der Waals surface area contributed by atoms with Crippen molar-refractivity contribution in [1.82, 2.24) is 0 Å². The van der Waals surface area contributed by atoms with Crippen LogP contribution in [0.3, 0.4) is 0 Å². The van der Waals surface area contributed by atoms with Gasteiger partial charge in [0.25, 0.3) is 0 Å². The summed E-state index contributed by atoms with van der Waals surface area (Å²) in [7, 11) is -4.02. The third-order valence-electron chi connectivity index (χ3n) is 6.40. The fourth-order valence-corrected chi connectivity index (χ4v) is 6.39. The van der Waals surface area contributed by atoms with Crippen molar-refractivity contribution in [3.63, 3.8) is 0 Å². The normalized spacial score (nSPS) is 13.4. The van der Waals surface area contributed by atoms with Crippen LogP contribution in [0.4, 0.5) is 0 Å². The quantitative estimate of drug-likeness (QED) is 0.168. The van der Waals surface area contributed by atoms with E-state index in [1.807, 2.05) is 0 Å². The van der Waals surface area contributed by atoms with Gasteiger partial charge < -0.3 is 13.9 Å². The third-order valence-corrected chi connectivity index (χ3v) is 8.78. The molecule has 5 aromatic rings. The highest BCUT2D eigenvalue weighted by Gasteiger charge is 2.35. The van der Waals surface area contributed by atoms with E-state index in [4.69, 9.17) is 13.9 Å². The minimum absolute atomic E-state index is 0.0145. The lowest BCUT2D eigenvalue weighted by Crippen LogP contribution is -2.21. The van der Waals surface area contributed by atoms with Crippen LogP contribution in [0.5, 0.6) is 17.2 Å². The maximum absolute atomic E-state index is 13.2. The van der Waals surface area contributed by atoms with Crippen LogP contribution in [-0.2, 0) is 9.84 Å². The van der Waals surface area contributed by atoms with Gasteiger partial charge in [0.1, 0.15) is 22.8 Å². The molecular weight excluding hydrogens is 600 g/mol. The summed E-state index contributed by atoms with van der Waals surface area (Å²) in [4.78, 5) is 38.6. The molecule has 1 aliphatic rings. The number of fused-ring (bicyclic) bond motifs is 3. The molecule has 0 bridgehead atoms. The smallest absolute Gasteiger partial charge is 0.343 e. The number of hydrogen-bond acceptors (Lipinski definition) is 8. The molecule has 10 heteroatoms. The first-order chi connectivity index (χ1) is 19.1. The zero-order valence-corrected chi connectivity index (χ0v) is 23.0. The van der Waals surface area contributed by atoms with E-state index in [0.717, 1.165) is 10.5 Å². The summed E-state index contributed by atoms with van der Waals surface area (Å²) in [5, 5.41) is 0.217. The average Bonchev–Trinajstić information content (AvgIpc) is 2.95. The van der Waals surface area contributed by atoms with Crippen molar-refractivity contribution in [1.29, 1.82) is 0 Å². The molecule has 0 radical (unpaired) electrons. The Morgan fingerprint density at radius 3 is 2.30 bits per heavy atom. The Bertz CT molecular complexity index is 2040.